The smallest absolute Gasteiger partial charge is 0.234 e. The van der Waals surface area contributed by atoms with Gasteiger partial charge in [-0.05, 0) is 48.6 Å². The summed E-state index contributed by atoms with van der Waals surface area (Å²) >= 11 is 3.00. The average molecular weight is 358 g/mol. The molecule has 0 atom stereocenters. The topological polar surface area (TPSA) is 59.8 Å². The number of amides is 1. The molecule has 124 valence electrons. The summed E-state index contributed by atoms with van der Waals surface area (Å²) in [4.78, 5) is 13.2. The van der Waals surface area contributed by atoms with E-state index in [2.05, 4.69) is 22.4 Å². The van der Waals surface area contributed by atoms with Crippen molar-refractivity contribution in [3.8, 4) is 10.7 Å². The van der Waals surface area contributed by atoms with E-state index >= 15 is 0 Å². The van der Waals surface area contributed by atoms with E-state index in [1.165, 1.54) is 17.3 Å². The Morgan fingerprint density at radius 1 is 1.25 bits per heavy atom. The molecule has 0 spiro atoms. The van der Waals surface area contributed by atoms with E-state index in [0.29, 0.717) is 5.75 Å². The minimum Gasteiger partial charge on any atom is -0.325 e. The molecule has 1 N–H and O–H groups in total. The van der Waals surface area contributed by atoms with Crippen molar-refractivity contribution in [2.45, 2.75) is 19.0 Å². The van der Waals surface area contributed by atoms with Crippen molar-refractivity contribution in [1.29, 1.82) is 0 Å². The maximum Gasteiger partial charge on any atom is 0.234 e. The number of benzene rings is 1. The molecule has 0 bridgehead atoms. The zero-order chi connectivity index (χ0) is 17.1. The van der Waals surface area contributed by atoms with Gasteiger partial charge in [0, 0.05) is 12.7 Å². The fraction of sp³-hybridized carbons (Fsp3) is 0.235. The molecule has 3 rings (SSSR count). The molecule has 0 unspecified atom stereocenters. The van der Waals surface area contributed by atoms with Crippen LogP contribution in [0.15, 0.2) is 40.9 Å². The molecule has 1 aromatic carbocycles. The first-order chi connectivity index (χ1) is 11.5. The third-order valence-corrected chi connectivity index (χ3v) is 5.59. The molecule has 0 aliphatic heterocycles. The summed E-state index contributed by atoms with van der Waals surface area (Å²) in [5.41, 5.74) is 3.19. The maximum absolute atomic E-state index is 12.1. The number of rotatable bonds is 5. The van der Waals surface area contributed by atoms with E-state index in [4.69, 9.17) is 0 Å². The number of nitrogens with one attached hydrogen (secondary N) is 1. The Bertz CT molecular complexity index is 856. The quantitative estimate of drug-likeness (QED) is 0.703. The number of thiophene rings is 1. The van der Waals surface area contributed by atoms with Gasteiger partial charge < -0.3 is 9.88 Å². The van der Waals surface area contributed by atoms with E-state index in [1.54, 1.807) is 11.3 Å². The van der Waals surface area contributed by atoms with Gasteiger partial charge in [-0.25, -0.2) is 0 Å². The second-order valence-corrected chi connectivity index (χ2v) is 7.37. The Kier molecular flexibility index (Phi) is 5.01. The van der Waals surface area contributed by atoms with E-state index in [-0.39, 0.29) is 5.91 Å². The van der Waals surface area contributed by atoms with Crippen LogP contribution in [0.3, 0.4) is 0 Å². The molecule has 0 fully saturated rings. The van der Waals surface area contributed by atoms with Crippen molar-refractivity contribution in [1.82, 2.24) is 14.8 Å². The Labute approximate surface area is 149 Å². The van der Waals surface area contributed by atoms with Crippen molar-refractivity contribution in [2.75, 3.05) is 11.1 Å². The number of aryl methyl sites for hydroxylation is 2. The second-order valence-electron chi connectivity index (χ2n) is 5.48. The molecule has 0 radical (unpaired) electrons. The summed E-state index contributed by atoms with van der Waals surface area (Å²) in [6.07, 6.45) is 0. The van der Waals surface area contributed by atoms with Crippen LogP contribution in [0.2, 0.25) is 0 Å². The lowest BCUT2D eigenvalue weighted by atomic mass is 10.1. The van der Waals surface area contributed by atoms with E-state index in [0.717, 1.165) is 27.1 Å². The van der Waals surface area contributed by atoms with Gasteiger partial charge in [-0.2, -0.15) is 0 Å². The fourth-order valence-electron chi connectivity index (χ4n) is 2.21. The van der Waals surface area contributed by atoms with Gasteiger partial charge in [0.1, 0.15) is 0 Å². The Hall–Kier alpha value is -2.12. The molecule has 0 aliphatic carbocycles. The first-order valence-corrected chi connectivity index (χ1v) is 9.34. The predicted octanol–water partition coefficient (Wildman–Crippen LogP) is 3.89. The van der Waals surface area contributed by atoms with Crippen molar-refractivity contribution < 1.29 is 4.79 Å². The zero-order valence-corrected chi connectivity index (χ0v) is 15.4. The molecule has 2 aromatic heterocycles. The summed E-state index contributed by atoms with van der Waals surface area (Å²) in [6, 6.07) is 9.90. The van der Waals surface area contributed by atoms with Gasteiger partial charge in [0.15, 0.2) is 11.0 Å². The predicted molar refractivity (Wildman–Crippen MR) is 99.6 cm³/mol. The lowest BCUT2D eigenvalue weighted by Gasteiger charge is -2.07. The van der Waals surface area contributed by atoms with Crippen molar-refractivity contribution in [3.05, 3.63) is 46.8 Å². The van der Waals surface area contributed by atoms with Crippen LogP contribution in [0.5, 0.6) is 0 Å². The summed E-state index contributed by atoms with van der Waals surface area (Å²) in [5.74, 6) is 1.06. The van der Waals surface area contributed by atoms with Gasteiger partial charge in [0.25, 0.3) is 0 Å². The molecule has 5 nitrogen and oxygen atoms in total. The minimum atomic E-state index is -0.0519. The molecule has 24 heavy (non-hydrogen) atoms. The zero-order valence-electron chi connectivity index (χ0n) is 13.7. The second kappa shape index (κ2) is 7.19. The van der Waals surface area contributed by atoms with Gasteiger partial charge in [-0.15, -0.1) is 21.5 Å². The van der Waals surface area contributed by atoms with Gasteiger partial charge >= 0.3 is 0 Å². The number of thioether (sulfide) groups is 1. The summed E-state index contributed by atoms with van der Waals surface area (Å²) in [5, 5.41) is 14.0. The fourth-order valence-corrected chi connectivity index (χ4v) is 3.66. The largest absolute Gasteiger partial charge is 0.325 e. The number of carbonyl (C=O) groups is 1. The van der Waals surface area contributed by atoms with Crippen molar-refractivity contribution in [2.24, 2.45) is 7.05 Å². The lowest BCUT2D eigenvalue weighted by Crippen LogP contribution is -2.14. The van der Waals surface area contributed by atoms with Crippen LogP contribution in [0, 0.1) is 13.8 Å². The number of anilines is 1. The van der Waals surface area contributed by atoms with E-state index in [9.17, 15) is 4.79 Å². The van der Waals surface area contributed by atoms with Crippen LogP contribution in [0.4, 0.5) is 5.69 Å². The van der Waals surface area contributed by atoms with Crippen LogP contribution in [0.25, 0.3) is 10.7 Å². The molecule has 0 saturated carbocycles. The highest BCUT2D eigenvalue weighted by Gasteiger charge is 2.13. The number of carbonyl (C=O) groups excluding carboxylic acids is 1. The molecule has 3 aromatic rings. The molecule has 7 heteroatoms. The highest BCUT2D eigenvalue weighted by Crippen LogP contribution is 2.26. The highest BCUT2D eigenvalue weighted by atomic mass is 32.2. The Morgan fingerprint density at radius 3 is 2.79 bits per heavy atom. The average Bonchev–Trinajstić information content (AvgIpc) is 3.19. The van der Waals surface area contributed by atoms with Gasteiger partial charge in [-0.1, -0.05) is 23.9 Å². The summed E-state index contributed by atoms with van der Waals surface area (Å²) < 4.78 is 1.92. The van der Waals surface area contributed by atoms with E-state index in [1.807, 2.05) is 54.3 Å². The molecule has 1 amide bonds. The first kappa shape index (κ1) is 16.7. The standard InChI is InChI=1S/C17H18N4OS2/c1-11-6-7-13(9-12(11)2)18-15(22)10-24-17-20-19-16(21(17)3)14-5-4-8-23-14/h4-9H,10H2,1-3H3,(H,18,22). The van der Waals surface area contributed by atoms with Crippen LogP contribution in [0.1, 0.15) is 11.1 Å². The molecule has 0 aliphatic rings. The van der Waals surface area contributed by atoms with Gasteiger partial charge in [0.2, 0.25) is 5.91 Å². The SMILES string of the molecule is Cc1ccc(NC(=O)CSc2nnc(-c3cccs3)n2C)cc1C. The van der Waals surface area contributed by atoms with Crippen LogP contribution >= 0.6 is 23.1 Å². The van der Waals surface area contributed by atoms with Crippen LogP contribution in [-0.4, -0.2) is 26.4 Å². The van der Waals surface area contributed by atoms with Gasteiger partial charge in [0.05, 0.1) is 10.6 Å². The Morgan fingerprint density at radius 2 is 2.08 bits per heavy atom. The Balaban J connectivity index is 1.61. The lowest BCUT2D eigenvalue weighted by molar-refractivity contribution is -0.113. The third kappa shape index (κ3) is 3.68. The van der Waals surface area contributed by atoms with E-state index < -0.39 is 0 Å². The molecular formula is C17H18N4OS2. The van der Waals surface area contributed by atoms with Crippen LogP contribution < -0.4 is 5.32 Å². The summed E-state index contributed by atoms with van der Waals surface area (Å²) in [6.45, 7) is 4.08. The molecular weight excluding hydrogens is 340 g/mol. The monoisotopic (exact) mass is 358 g/mol. The normalized spacial score (nSPS) is 10.8. The number of nitrogens with zero attached hydrogens (tertiary/aromatic N) is 3. The molecule has 2 heterocycles. The number of hydrogen-bond donors (Lipinski definition) is 1. The minimum absolute atomic E-state index is 0.0519. The third-order valence-electron chi connectivity index (χ3n) is 3.70. The van der Waals surface area contributed by atoms with Crippen LogP contribution in [-0.2, 0) is 11.8 Å². The number of aromatic nitrogens is 3. The van der Waals surface area contributed by atoms with Gasteiger partial charge in [-0.3, -0.25) is 4.79 Å². The highest BCUT2D eigenvalue weighted by molar-refractivity contribution is 7.99. The maximum atomic E-state index is 12.1. The first-order valence-electron chi connectivity index (χ1n) is 7.48. The van der Waals surface area contributed by atoms with Crippen molar-refractivity contribution in [3.63, 3.8) is 0 Å². The summed E-state index contributed by atoms with van der Waals surface area (Å²) in [7, 11) is 1.92. The number of hydrogen-bond acceptors (Lipinski definition) is 5. The van der Waals surface area contributed by atoms with Crippen molar-refractivity contribution >= 4 is 34.7 Å². The molecule has 0 saturated heterocycles.